The molecule has 0 aliphatic carbocycles. The van der Waals surface area contributed by atoms with E-state index in [-0.39, 0.29) is 11.4 Å². The van der Waals surface area contributed by atoms with Crippen molar-refractivity contribution in [1.29, 1.82) is 0 Å². The number of aryl methyl sites for hydroxylation is 2. The number of hydrogen-bond donors (Lipinski definition) is 4. The molecule has 0 fully saturated rings. The molecule has 0 unspecified atom stereocenters. The second-order valence-electron chi connectivity index (χ2n) is 4.61. The van der Waals surface area contributed by atoms with Crippen molar-refractivity contribution in [1.82, 2.24) is 29.7 Å². The van der Waals surface area contributed by atoms with E-state index in [0.717, 1.165) is 17.1 Å². The lowest BCUT2D eigenvalue weighted by molar-refractivity contribution is 0.0962. The fourth-order valence-electron chi connectivity index (χ4n) is 1.93. The number of nitrogens with two attached hydrogens (primary N) is 2. The lowest BCUT2D eigenvalue weighted by Gasteiger charge is -1.95. The van der Waals surface area contributed by atoms with Crippen LogP contribution in [0.4, 0.5) is 0 Å². The molecule has 0 saturated heterocycles. The summed E-state index contributed by atoms with van der Waals surface area (Å²) in [5, 5.41) is 4.24. The number of H-pyrrole nitrogens is 2. The molecule has 0 saturated carbocycles. The average Bonchev–Trinajstić information content (AvgIpc) is 3.18. The number of carbonyl (C=O) groups is 2. The Bertz CT molecular complexity index is 787. The van der Waals surface area contributed by atoms with Crippen LogP contribution < -0.4 is 11.5 Å². The zero-order valence-electron chi connectivity index (χ0n) is 12.6. The molecule has 10 nitrogen and oxygen atoms in total. The summed E-state index contributed by atoms with van der Waals surface area (Å²) in [4.78, 5) is 33.9. The summed E-state index contributed by atoms with van der Waals surface area (Å²) in [6.07, 6.45) is 4.63. The van der Waals surface area contributed by atoms with E-state index < -0.39 is 11.8 Å². The lowest BCUT2D eigenvalue weighted by Crippen LogP contribution is -2.20. The number of aromatic nitrogens is 6. The van der Waals surface area contributed by atoms with Crippen molar-refractivity contribution in [2.45, 2.75) is 6.92 Å². The number of rotatable bonds is 3. The van der Waals surface area contributed by atoms with Crippen molar-refractivity contribution in [2.24, 2.45) is 18.5 Å². The van der Waals surface area contributed by atoms with Crippen LogP contribution in [-0.4, -0.2) is 41.5 Å². The highest BCUT2D eigenvalue weighted by atomic mass is 16.2. The number of nitrogens with one attached hydrogen (secondary N) is 2. The summed E-state index contributed by atoms with van der Waals surface area (Å²) in [5.41, 5.74) is 12.6. The highest BCUT2D eigenvalue weighted by Gasteiger charge is 2.14. The molecule has 0 aliphatic heterocycles. The van der Waals surface area contributed by atoms with Gasteiger partial charge in [0.05, 0.1) is 35.9 Å². The van der Waals surface area contributed by atoms with Crippen molar-refractivity contribution in [3.63, 3.8) is 0 Å². The van der Waals surface area contributed by atoms with E-state index in [1.165, 1.54) is 6.33 Å². The van der Waals surface area contributed by atoms with Gasteiger partial charge in [-0.15, -0.1) is 0 Å². The zero-order chi connectivity index (χ0) is 17.0. The normalized spacial score (nSPS) is 10.0. The van der Waals surface area contributed by atoms with Crippen molar-refractivity contribution < 1.29 is 9.59 Å². The number of carbonyl (C=O) groups excluding carboxylic acids is 2. The predicted octanol–water partition coefficient (Wildman–Crippen LogP) is -0.274. The molecule has 0 aromatic carbocycles. The topological polar surface area (TPSA) is 161 Å². The van der Waals surface area contributed by atoms with Gasteiger partial charge in [0, 0.05) is 7.05 Å². The molecule has 3 rings (SSSR count). The van der Waals surface area contributed by atoms with E-state index >= 15 is 0 Å². The van der Waals surface area contributed by atoms with Gasteiger partial charge >= 0.3 is 0 Å². The van der Waals surface area contributed by atoms with Crippen LogP contribution in [0.3, 0.4) is 0 Å². The number of hydrogen-bond acceptors (Lipinski definition) is 5. The van der Waals surface area contributed by atoms with Crippen LogP contribution in [0.1, 0.15) is 26.7 Å². The van der Waals surface area contributed by atoms with Crippen molar-refractivity contribution in [2.75, 3.05) is 0 Å². The molecule has 0 radical (unpaired) electrons. The van der Waals surface area contributed by atoms with Gasteiger partial charge < -0.3 is 21.4 Å². The quantitative estimate of drug-likeness (QED) is 0.522. The van der Waals surface area contributed by atoms with Gasteiger partial charge in [0.2, 0.25) is 0 Å². The maximum Gasteiger partial charge on any atom is 0.269 e. The first-order chi connectivity index (χ1) is 10.9. The first-order valence-electron chi connectivity index (χ1n) is 6.52. The molecule has 3 aromatic heterocycles. The van der Waals surface area contributed by atoms with E-state index in [1.54, 1.807) is 12.5 Å². The summed E-state index contributed by atoms with van der Waals surface area (Å²) in [6.45, 7) is 1.97. The Morgan fingerprint density at radius 1 is 1.17 bits per heavy atom. The lowest BCUT2D eigenvalue weighted by atomic mass is 10.3. The average molecular weight is 316 g/mol. The first kappa shape index (κ1) is 15.9. The Labute approximate surface area is 130 Å². The van der Waals surface area contributed by atoms with E-state index in [4.69, 9.17) is 11.5 Å². The Balaban J connectivity index is 0.000000168. The SMILES string of the molecule is Cc1cc(-c2cnc[nH]2)n(C)n1.NC(=O)c1nc[nH]c1C(N)=O. The monoisotopic (exact) mass is 316 g/mol. The van der Waals surface area contributed by atoms with Gasteiger partial charge in [-0.2, -0.15) is 5.10 Å². The largest absolute Gasteiger partial charge is 0.364 e. The second-order valence-corrected chi connectivity index (χ2v) is 4.61. The zero-order valence-corrected chi connectivity index (χ0v) is 12.6. The standard InChI is InChI=1S/C8H10N4.C5H6N4O2/c1-6-3-8(12(2)11-6)7-4-9-5-10-7;6-4(10)2-3(5(7)11)9-1-8-2/h3-5H,1-2H3,(H,9,10);1H,(H2,6,10)(H2,7,11)(H,8,9). The third-order valence-corrected chi connectivity index (χ3v) is 2.90. The Morgan fingerprint density at radius 2 is 1.91 bits per heavy atom. The van der Waals surface area contributed by atoms with Crippen LogP contribution in [0.15, 0.2) is 24.9 Å². The maximum absolute atomic E-state index is 10.5. The summed E-state index contributed by atoms with van der Waals surface area (Å²) >= 11 is 0. The molecule has 3 heterocycles. The smallest absolute Gasteiger partial charge is 0.269 e. The van der Waals surface area contributed by atoms with Gasteiger partial charge in [-0.25, -0.2) is 9.97 Å². The maximum atomic E-state index is 10.5. The third-order valence-electron chi connectivity index (χ3n) is 2.90. The van der Waals surface area contributed by atoms with Gasteiger partial charge in [-0.05, 0) is 13.0 Å². The van der Waals surface area contributed by atoms with Crippen LogP contribution in [0.5, 0.6) is 0 Å². The molecule has 3 aromatic rings. The number of nitrogens with zero attached hydrogens (tertiary/aromatic N) is 4. The van der Waals surface area contributed by atoms with E-state index in [1.807, 2.05) is 24.7 Å². The number of imidazole rings is 2. The van der Waals surface area contributed by atoms with Gasteiger partial charge in [-0.3, -0.25) is 14.3 Å². The molecule has 6 N–H and O–H groups in total. The Morgan fingerprint density at radius 3 is 2.35 bits per heavy atom. The molecular formula is C13H16N8O2. The molecule has 2 amide bonds. The van der Waals surface area contributed by atoms with E-state index in [9.17, 15) is 9.59 Å². The second kappa shape index (κ2) is 6.56. The van der Waals surface area contributed by atoms with Gasteiger partial charge in [0.25, 0.3) is 11.8 Å². The minimum Gasteiger partial charge on any atom is -0.364 e. The van der Waals surface area contributed by atoms with Crippen LogP contribution in [-0.2, 0) is 7.05 Å². The van der Waals surface area contributed by atoms with Crippen LogP contribution in [0.2, 0.25) is 0 Å². The van der Waals surface area contributed by atoms with Crippen molar-refractivity contribution in [3.05, 3.63) is 42.0 Å². The minimum absolute atomic E-state index is 0.0579. The molecule has 0 atom stereocenters. The molecular weight excluding hydrogens is 300 g/mol. The fraction of sp³-hybridized carbons (Fsp3) is 0.154. The van der Waals surface area contributed by atoms with Gasteiger partial charge in [-0.1, -0.05) is 0 Å². The summed E-state index contributed by atoms with van der Waals surface area (Å²) in [7, 11) is 1.92. The highest BCUT2D eigenvalue weighted by Crippen LogP contribution is 2.15. The summed E-state index contributed by atoms with van der Waals surface area (Å²) < 4.78 is 1.84. The van der Waals surface area contributed by atoms with Crippen molar-refractivity contribution >= 4 is 11.8 Å². The highest BCUT2D eigenvalue weighted by molar-refractivity contribution is 6.03. The van der Waals surface area contributed by atoms with Crippen LogP contribution in [0, 0.1) is 6.92 Å². The van der Waals surface area contributed by atoms with Gasteiger partial charge in [0.1, 0.15) is 5.69 Å². The minimum atomic E-state index is -0.778. The molecule has 23 heavy (non-hydrogen) atoms. The number of aromatic amines is 2. The molecule has 0 bridgehead atoms. The van der Waals surface area contributed by atoms with Crippen LogP contribution in [0.25, 0.3) is 11.4 Å². The Hall–Kier alpha value is -3.43. The Kier molecular flexibility index (Phi) is 4.55. The molecule has 120 valence electrons. The summed E-state index contributed by atoms with van der Waals surface area (Å²) in [6, 6.07) is 2.02. The van der Waals surface area contributed by atoms with E-state index in [2.05, 4.69) is 25.0 Å². The number of amides is 2. The first-order valence-corrected chi connectivity index (χ1v) is 6.52. The molecule has 10 heteroatoms. The van der Waals surface area contributed by atoms with E-state index in [0.29, 0.717) is 0 Å². The molecule has 0 aliphatic rings. The summed E-state index contributed by atoms with van der Waals surface area (Å²) in [5.74, 6) is -1.53. The predicted molar refractivity (Wildman–Crippen MR) is 81.2 cm³/mol. The van der Waals surface area contributed by atoms with Crippen LogP contribution >= 0.6 is 0 Å². The van der Waals surface area contributed by atoms with Gasteiger partial charge in [0.15, 0.2) is 5.69 Å². The fourth-order valence-corrected chi connectivity index (χ4v) is 1.93. The third kappa shape index (κ3) is 3.61. The number of primary amides is 2. The van der Waals surface area contributed by atoms with Crippen molar-refractivity contribution in [3.8, 4) is 11.4 Å². The molecule has 0 spiro atoms.